The Balaban J connectivity index is 1.69. The van der Waals surface area contributed by atoms with E-state index < -0.39 is 5.60 Å². The third-order valence-electron chi connectivity index (χ3n) is 5.73. The summed E-state index contributed by atoms with van der Waals surface area (Å²) in [6.45, 7) is 12.7. The van der Waals surface area contributed by atoms with E-state index in [2.05, 4.69) is 20.8 Å². The van der Waals surface area contributed by atoms with Crippen LogP contribution in [0.3, 0.4) is 0 Å². The lowest BCUT2D eigenvalue weighted by atomic mass is 9.97. The second kappa shape index (κ2) is 11.5. The molecular weight excluding hydrogens is 460 g/mol. The molecule has 0 aliphatic carbocycles. The highest BCUT2D eigenvalue weighted by molar-refractivity contribution is 6.03. The second-order valence-electron chi connectivity index (χ2n) is 10.5. The number of aromatic nitrogens is 2. The first-order chi connectivity index (χ1) is 16.9. The fourth-order valence-electron chi connectivity index (χ4n) is 4.03. The molecule has 2 aromatic rings. The summed E-state index contributed by atoms with van der Waals surface area (Å²) in [5.74, 6) is 1.03. The average molecular weight is 499 g/mol. The van der Waals surface area contributed by atoms with Gasteiger partial charge in [-0.2, -0.15) is 4.98 Å². The third kappa shape index (κ3) is 7.53. The maximum Gasteiger partial charge on any atom is 0.410 e. The first-order valence-corrected chi connectivity index (χ1v) is 12.5. The molecule has 0 saturated carbocycles. The molecule has 2 amide bonds. The Labute approximate surface area is 212 Å². The zero-order chi connectivity index (χ0) is 26.5. The minimum atomic E-state index is -0.516. The Kier molecular flexibility index (Phi) is 8.70. The van der Waals surface area contributed by atoms with Gasteiger partial charge in [0.05, 0.1) is 0 Å². The molecule has 2 heterocycles. The number of likely N-dealkylation sites (tertiary alicyclic amines) is 1. The molecule has 1 fully saturated rings. The number of carbonyl (C=O) groups is 2. The van der Waals surface area contributed by atoms with Crippen molar-refractivity contribution in [3.05, 3.63) is 29.7 Å². The van der Waals surface area contributed by atoms with E-state index in [-0.39, 0.29) is 24.0 Å². The number of ether oxygens (including phenoxy) is 1. The number of nitrogens with zero attached hydrogens (tertiary/aromatic N) is 3. The lowest BCUT2D eigenvalue weighted by Crippen LogP contribution is -2.41. The SMILES string of the molecule is CC(=O)NCCC(=N)c1ccc(-c2noc(C3CCN(C(=O)OC(C)(C)C)CC3)n2)cc1NC(C)C. The van der Waals surface area contributed by atoms with Crippen molar-refractivity contribution in [1.82, 2.24) is 20.4 Å². The monoisotopic (exact) mass is 498 g/mol. The Hall–Kier alpha value is -3.43. The van der Waals surface area contributed by atoms with Crippen LogP contribution in [0.25, 0.3) is 11.4 Å². The van der Waals surface area contributed by atoms with Gasteiger partial charge in [0, 0.05) is 67.5 Å². The van der Waals surface area contributed by atoms with E-state index >= 15 is 0 Å². The third-order valence-corrected chi connectivity index (χ3v) is 5.73. The second-order valence-corrected chi connectivity index (χ2v) is 10.5. The molecule has 3 N–H and O–H groups in total. The van der Waals surface area contributed by atoms with Crippen LogP contribution in [0.4, 0.5) is 10.5 Å². The Morgan fingerprint density at radius 3 is 2.56 bits per heavy atom. The molecule has 0 unspecified atom stereocenters. The molecule has 1 aliphatic heterocycles. The van der Waals surface area contributed by atoms with Crippen LogP contribution in [0.5, 0.6) is 0 Å². The van der Waals surface area contributed by atoms with Gasteiger partial charge in [0.1, 0.15) is 5.60 Å². The van der Waals surface area contributed by atoms with Crippen molar-refractivity contribution in [2.75, 3.05) is 25.0 Å². The van der Waals surface area contributed by atoms with Crippen molar-refractivity contribution in [2.45, 2.75) is 78.4 Å². The van der Waals surface area contributed by atoms with E-state index in [0.29, 0.717) is 43.5 Å². The first-order valence-electron chi connectivity index (χ1n) is 12.5. The maximum absolute atomic E-state index is 12.3. The highest BCUT2D eigenvalue weighted by Gasteiger charge is 2.30. The van der Waals surface area contributed by atoms with Crippen molar-refractivity contribution < 1.29 is 18.8 Å². The van der Waals surface area contributed by atoms with Crippen molar-refractivity contribution >= 4 is 23.4 Å². The van der Waals surface area contributed by atoms with Gasteiger partial charge in [0.25, 0.3) is 0 Å². The summed E-state index contributed by atoms with van der Waals surface area (Å²) in [6, 6.07) is 5.86. The number of amides is 2. The van der Waals surface area contributed by atoms with Gasteiger partial charge in [0.2, 0.25) is 17.6 Å². The lowest BCUT2D eigenvalue weighted by Gasteiger charge is -2.32. The fraction of sp³-hybridized carbons (Fsp3) is 0.577. The number of benzene rings is 1. The molecule has 36 heavy (non-hydrogen) atoms. The first kappa shape index (κ1) is 27.2. The number of carbonyl (C=O) groups excluding carboxylic acids is 2. The van der Waals surface area contributed by atoms with Gasteiger partial charge in [-0.15, -0.1) is 0 Å². The van der Waals surface area contributed by atoms with Crippen LogP contribution in [0, 0.1) is 5.41 Å². The van der Waals surface area contributed by atoms with E-state index in [9.17, 15) is 9.59 Å². The molecule has 0 bridgehead atoms. The van der Waals surface area contributed by atoms with Gasteiger partial charge in [-0.1, -0.05) is 17.3 Å². The molecule has 1 aliphatic rings. The van der Waals surface area contributed by atoms with Crippen LogP contribution in [0.15, 0.2) is 22.7 Å². The summed E-state index contributed by atoms with van der Waals surface area (Å²) in [6.07, 6.45) is 1.59. The van der Waals surface area contributed by atoms with E-state index in [1.54, 1.807) is 4.90 Å². The molecule has 10 heteroatoms. The molecule has 0 radical (unpaired) electrons. The Morgan fingerprint density at radius 1 is 1.25 bits per heavy atom. The van der Waals surface area contributed by atoms with E-state index in [1.807, 2.05) is 52.8 Å². The maximum atomic E-state index is 12.3. The van der Waals surface area contributed by atoms with Crippen LogP contribution in [-0.4, -0.2) is 64.0 Å². The van der Waals surface area contributed by atoms with Crippen molar-refractivity contribution in [3.63, 3.8) is 0 Å². The lowest BCUT2D eigenvalue weighted by molar-refractivity contribution is -0.118. The van der Waals surface area contributed by atoms with Gasteiger partial charge in [-0.3, -0.25) is 4.79 Å². The van der Waals surface area contributed by atoms with Crippen LogP contribution in [0.1, 0.15) is 78.2 Å². The Morgan fingerprint density at radius 2 is 1.94 bits per heavy atom. The zero-order valence-electron chi connectivity index (χ0n) is 22.1. The average Bonchev–Trinajstić information content (AvgIpc) is 3.27. The van der Waals surface area contributed by atoms with Gasteiger partial charge in [-0.25, -0.2) is 4.79 Å². The fourth-order valence-corrected chi connectivity index (χ4v) is 4.03. The number of piperidine rings is 1. The predicted octanol–water partition coefficient (Wildman–Crippen LogP) is 4.57. The number of hydrogen-bond acceptors (Lipinski definition) is 8. The summed E-state index contributed by atoms with van der Waals surface area (Å²) in [4.78, 5) is 29.9. The van der Waals surface area contributed by atoms with Crippen molar-refractivity contribution in [2.24, 2.45) is 0 Å². The van der Waals surface area contributed by atoms with Crippen molar-refractivity contribution in [3.8, 4) is 11.4 Å². The van der Waals surface area contributed by atoms with Gasteiger partial charge in [-0.05, 0) is 53.5 Å². The summed E-state index contributed by atoms with van der Waals surface area (Å²) in [7, 11) is 0. The molecule has 0 spiro atoms. The quantitative estimate of drug-likeness (QED) is 0.454. The standard InChI is InChI=1S/C26H38N6O4/c1-16(2)29-22-15-19(7-8-20(22)21(27)9-12-28-17(3)33)23-30-24(36-31-23)18-10-13-32(14-11-18)25(34)35-26(4,5)6/h7-8,15-16,18,27,29H,9-14H2,1-6H3,(H,28,33). The number of hydrogen-bond donors (Lipinski definition) is 3. The summed E-state index contributed by atoms with van der Waals surface area (Å²) in [5.41, 5.74) is 2.29. The van der Waals surface area contributed by atoms with Gasteiger partial charge >= 0.3 is 6.09 Å². The molecule has 1 saturated heterocycles. The normalized spacial score (nSPS) is 14.6. The summed E-state index contributed by atoms with van der Waals surface area (Å²) in [5, 5.41) is 18.8. The van der Waals surface area contributed by atoms with Gasteiger partial charge < -0.3 is 30.2 Å². The van der Waals surface area contributed by atoms with E-state index in [4.69, 9.17) is 14.7 Å². The van der Waals surface area contributed by atoms with Crippen LogP contribution >= 0.6 is 0 Å². The smallest absolute Gasteiger partial charge is 0.410 e. The molecule has 0 atom stereocenters. The van der Waals surface area contributed by atoms with Crippen LogP contribution < -0.4 is 10.6 Å². The predicted molar refractivity (Wildman–Crippen MR) is 138 cm³/mol. The molecular formula is C26H38N6O4. The van der Waals surface area contributed by atoms with Crippen LogP contribution in [0.2, 0.25) is 0 Å². The number of nitrogens with one attached hydrogen (secondary N) is 3. The highest BCUT2D eigenvalue weighted by atomic mass is 16.6. The largest absolute Gasteiger partial charge is 0.444 e. The van der Waals surface area contributed by atoms with Gasteiger partial charge in [0.15, 0.2) is 0 Å². The zero-order valence-corrected chi connectivity index (χ0v) is 22.1. The summed E-state index contributed by atoms with van der Waals surface area (Å²) < 4.78 is 11.1. The minimum Gasteiger partial charge on any atom is -0.444 e. The molecule has 1 aromatic carbocycles. The molecule has 1 aromatic heterocycles. The summed E-state index contributed by atoms with van der Waals surface area (Å²) >= 11 is 0. The number of rotatable bonds is 8. The molecule has 10 nitrogen and oxygen atoms in total. The van der Waals surface area contributed by atoms with E-state index in [1.165, 1.54) is 6.92 Å². The van der Waals surface area contributed by atoms with Crippen LogP contribution in [-0.2, 0) is 9.53 Å². The minimum absolute atomic E-state index is 0.0828. The topological polar surface area (TPSA) is 133 Å². The molecule has 3 rings (SSSR count). The Bertz CT molecular complexity index is 1080. The highest BCUT2D eigenvalue weighted by Crippen LogP contribution is 2.31. The van der Waals surface area contributed by atoms with E-state index in [0.717, 1.165) is 29.7 Å². The number of anilines is 1. The molecule has 196 valence electrons. The van der Waals surface area contributed by atoms with Crippen molar-refractivity contribution in [1.29, 1.82) is 5.41 Å².